The standard InChI is InChI=1S/C16H20ClN3O3/c1-4-11-7-14(23-20-11)10(2)18-9-16(21)19-12-5-6-13(17)15(8-12)22-3/h5-8,10,18H,4,9H2,1-3H3,(H,19,21)/t10-/m0/s1. The number of ether oxygens (including phenoxy) is 1. The molecule has 0 saturated heterocycles. The van der Waals surface area contributed by atoms with Crippen molar-refractivity contribution in [3.05, 3.63) is 40.7 Å². The normalized spacial score (nSPS) is 12.0. The van der Waals surface area contributed by atoms with Crippen LogP contribution in [0.1, 0.15) is 31.3 Å². The third kappa shape index (κ3) is 4.71. The molecule has 1 amide bonds. The maximum Gasteiger partial charge on any atom is 0.238 e. The predicted octanol–water partition coefficient (Wildman–Crippen LogP) is 3.19. The Balaban J connectivity index is 1.87. The summed E-state index contributed by atoms with van der Waals surface area (Å²) < 4.78 is 10.4. The molecule has 0 bridgehead atoms. The van der Waals surface area contributed by atoms with Crippen molar-refractivity contribution >= 4 is 23.2 Å². The minimum absolute atomic E-state index is 0.103. The minimum atomic E-state index is -0.170. The number of nitrogens with zero attached hydrogens (tertiary/aromatic N) is 1. The van der Waals surface area contributed by atoms with Crippen LogP contribution in [0.15, 0.2) is 28.8 Å². The van der Waals surface area contributed by atoms with E-state index in [1.54, 1.807) is 18.2 Å². The van der Waals surface area contributed by atoms with Gasteiger partial charge in [-0.1, -0.05) is 23.7 Å². The molecule has 0 aliphatic heterocycles. The van der Waals surface area contributed by atoms with Crippen LogP contribution in [0.3, 0.4) is 0 Å². The molecule has 0 unspecified atom stereocenters. The van der Waals surface area contributed by atoms with E-state index in [4.69, 9.17) is 20.9 Å². The van der Waals surface area contributed by atoms with Gasteiger partial charge in [0.15, 0.2) is 5.76 Å². The zero-order valence-corrected chi connectivity index (χ0v) is 14.1. The SMILES string of the molecule is CCc1cc([C@H](C)NCC(=O)Nc2ccc(Cl)c(OC)c2)on1. The van der Waals surface area contributed by atoms with Crippen molar-refractivity contribution in [2.75, 3.05) is 19.0 Å². The first-order valence-corrected chi connectivity index (χ1v) is 7.73. The second kappa shape index (κ2) is 7.99. The van der Waals surface area contributed by atoms with Gasteiger partial charge in [-0.25, -0.2) is 0 Å². The number of methoxy groups -OCH3 is 1. The predicted molar refractivity (Wildman–Crippen MR) is 88.9 cm³/mol. The maximum absolute atomic E-state index is 12.0. The van der Waals surface area contributed by atoms with Crippen LogP contribution in [0.2, 0.25) is 5.02 Å². The molecule has 2 rings (SSSR count). The van der Waals surface area contributed by atoms with Crippen molar-refractivity contribution in [3.8, 4) is 5.75 Å². The van der Waals surface area contributed by atoms with Crippen LogP contribution in [-0.4, -0.2) is 24.7 Å². The number of amides is 1. The molecule has 0 spiro atoms. The third-order valence-corrected chi connectivity index (χ3v) is 3.68. The van der Waals surface area contributed by atoms with Crippen molar-refractivity contribution in [2.45, 2.75) is 26.3 Å². The molecule has 2 aromatic rings. The number of carbonyl (C=O) groups excluding carboxylic acids is 1. The molecule has 0 fully saturated rings. The van der Waals surface area contributed by atoms with Crippen molar-refractivity contribution in [1.82, 2.24) is 10.5 Å². The smallest absolute Gasteiger partial charge is 0.238 e. The van der Waals surface area contributed by atoms with Gasteiger partial charge in [0.1, 0.15) is 5.75 Å². The van der Waals surface area contributed by atoms with E-state index in [1.807, 2.05) is 19.9 Å². The highest BCUT2D eigenvalue weighted by Crippen LogP contribution is 2.27. The van der Waals surface area contributed by atoms with E-state index in [9.17, 15) is 4.79 Å². The number of aromatic nitrogens is 1. The van der Waals surface area contributed by atoms with E-state index in [1.165, 1.54) is 7.11 Å². The van der Waals surface area contributed by atoms with Crippen LogP contribution in [0.4, 0.5) is 5.69 Å². The Bertz CT molecular complexity index is 672. The number of benzene rings is 1. The minimum Gasteiger partial charge on any atom is -0.495 e. The molecule has 2 N–H and O–H groups in total. The van der Waals surface area contributed by atoms with Crippen LogP contribution in [-0.2, 0) is 11.2 Å². The van der Waals surface area contributed by atoms with E-state index in [0.29, 0.717) is 22.2 Å². The molecule has 1 aromatic carbocycles. The molecule has 0 aliphatic carbocycles. The number of carbonyl (C=O) groups is 1. The molecule has 124 valence electrons. The summed E-state index contributed by atoms with van der Waals surface area (Å²) >= 11 is 5.95. The Kier molecular flexibility index (Phi) is 6.01. The molecule has 23 heavy (non-hydrogen) atoms. The lowest BCUT2D eigenvalue weighted by Crippen LogP contribution is -2.30. The average molecular weight is 338 g/mol. The molecular formula is C16H20ClN3O3. The van der Waals surface area contributed by atoms with Crippen molar-refractivity contribution < 1.29 is 14.1 Å². The zero-order valence-electron chi connectivity index (χ0n) is 13.4. The molecule has 1 atom stereocenters. The fourth-order valence-corrected chi connectivity index (χ4v) is 2.18. The summed E-state index contributed by atoms with van der Waals surface area (Å²) in [6, 6.07) is 6.85. The maximum atomic E-state index is 12.0. The second-order valence-electron chi connectivity index (χ2n) is 5.07. The van der Waals surface area contributed by atoms with Gasteiger partial charge in [-0.2, -0.15) is 0 Å². The monoisotopic (exact) mass is 337 g/mol. The summed E-state index contributed by atoms with van der Waals surface area (Å²) in [6.45, 7) is 4.07. The highest BCUT2D eigenvalue weighted by Gasteiger charge is 2.13. The van der Waals surface area contributed by atoms with Crippen LogP contribution in [0.25, 0.3) is 0 Å². The Hall–Kier alpha value is -2.05. The lowest BCUT2D eigenvalue weighted by atomic mass is 10.2. The summed E-state index contributed by atoms with van der Waals surface area (Å²) in [6.07, 6.45) is 0.815. The highest BCUT2D eigenvalue weighted by atomic mass is 35.5. The van der Waals surface area contributed by atoms with Crippen LogP contribution in [0, 0.1) is 0 Å². The van der Waals surface area contributed by atoms with Gasteiger partial charge in [-0.05, 0) is 25.5 Å². The van der Waals surface area contributed by atoms with Gasteiger partial charge >= 0.3 is 0 Å². The Labute approximate surface area is 140 Å². The molecular weight excluding hydrogens is 318 g/mol. The van der Waals surface area contributed by atoms with Crippen molar-refractivity contribution in [1.29, 1.82) is 0 Å². The highest BCUT2D eigenvalue weighted by molar-refractivity contribution is 6.32. The number of nitrogens with one attached hydrogen (secondary N) is 2. The van der Waals surface area contributed by atoms with Crippen LogP contribution in [0.5, 0.6) is 5.75 Å². The average Bonchev–Trinajstić information content (AvgIpc) is 3.03. The first-order chi connectivity index (χ1) is 11.0. The summed E-state index contributed by atoms with van der Waals surface area (Å²) in [5, 5.41) is 10.3. The molecule has 0 radical (unpaired) electrons. The van der Waals surface area contributed by atoms with E-state index in [0.717, 1.165) is 12.1 Å². The van der Waals surface area contributed by atoms with E-state index in [2.05, 4.69) is 15.8 Å². The number of hydrogen-bond acceptors (Lipinski definition) is 5. The summed E-state index contributed by atoms with van der Waals surface area (Å²) in [5.74, 6) is 1.05. The number of aryl methyl sites for hydroxylation is 1. The Morgan fingerprint density at radius 1 is 1.43 bits per heavy atom. The quantitative estimate of drug-likeness (QED) is 0.811. The largest absolute Gasteiger partial charge is 0.495 e. The van der Waals surface area contributed by atoms with Gasteiger partial charge in [-0.15, -0.1) is 0 Å². The van der Waals surface area contributed by atoms with E-state index < -0.39 is 0 Å². The topological polar surface area (TPSA) is 76.4 Å². The van der Waals surface area contributed by atoms with Crippen molar-refractivity contribution in [3.63, 3.8) is 0 Å². The van der Waals surface area contributed by atoms with Gasteiger partial charge in [0.2, 0.25) is 5.91 Å². The Morgan fingerprint density at radius 3 is 2.87 bits per heavy atom. The summed E-state index contributed by atoms with van der Waals surface area (Å²) in [7, 11) is 1.53. The molecule has 1 aromatic heterocycles. The van der Waals surface area contributed by atoms with Crippen LogP contribution < -0.4 is 15.4 Å². The van der Waals surface area contributed by atoms with Crippen molar-refractivity contribution in [2.24, 2.45) is 0 Å². The Morgan fingerprint density at radius 2 is 2.22 bits per heavy atom. The second-order valence-corrected chi connectivity index (χ2v) is 5.48. The molecule has 1 heterocycles. The number of hydrogen-bond donors (Lipinski definition) is 2. The van der Waals surface area contributed by atoms with Gasteiger partial charge in [0, 0.05) is 17.8 Å². The van der Waals surface area contributed by atoms with E-state index in [-0.39, 0.29) is 18.5 Å². The molecule has 0 aliphatic rings. The first-order valence-electron chi connectivity index (χ1n) is 7.35. The number of rotatable bonds is 7. The third-order valence-electron chi connectivity index (χ3n) is 3.37. The molecule has 6 nitrogen and oxygen atoms in total. The lowest BCUT2D eigenvalue weighted by Gasteiger charge is -2.11. The van der Waals surface area contributed by atoms with Gasteiger partial charge in [0.05, 0.1) is 30.4 Å². The first kappa shape index (κ1) is 17.3. The fraction of sp³-hybridized carbons (Fsp3) is 0.375. The lowest BCUT2D eigenvalue weighted by molar-refractivity contribution is -0.115. The van der Waals surface area contributed by atoms with Gasteiger partial charge < -0.3 is 14.6 Å². The summed E-state index contributed by atoms with van der Waals surface area (Å²) in [5.41, 5.74) is 1.52. The van der Waals surface area contributed by atoms with Gasteiger partial charge in [-0.3, -0.25) is 10.1 Å². The summed E-state index contributed by atoms with van der Waals surface area (Å²) in [4.78, 5) is 12.0. The zero-order chi connectivity index (χ0) is 16.8. The molecule has 0 saturated carbocycles. The van der Waals surface area contributed by atoms with E-state index >= 15 is 0 Å². The fourth-order valence-electron chi connectivity index (χ4n) is 1.99. The van der Waals surface area contributed by atoms with Crippen LogP contribution >= 0.6 is 11.6 Å². The number of anilines is 1. The van der Waals surface area contributed by atoms with Gasteiger partial charge in [0.25, 0.3) is 0 Å². The number of halogens is 1. The molecule has 7 heteroatoms.